The van der Waals surface area contributed by atoms with E-state index >= 15 is 0 Å². The SMILES string of the molecule is Cc1cccc(C(=O)Nc2ccc(Oc3cccc(F)c3C#N)cc2)c1. The van der Waals surface area contributed by atoms with Crippen molar-refractivity contribution < 1.29 is 13.9 Å². The number of ether oxygens (including phenoxy) is 1. The van der Waals surface area contributed by atoms with Crippen molar-refractivity contribution in [2.75, 3.05) is 5.32 Å². The Morgan fingerprint density at radius 3 is 2.50 bits per heavy atom. The lowest BCUT2D eigenvalue weighted by Gasteiger charge is -2.09. The summed E-state index contributed by atoms with van der Waals surface area (Å²) in [5, 5.41) is 11.8. The Morgan fingerprint density at radius 2 is 1.81 bits per heavy atom. The largest absolute Gasteiger partial charge is 0.456 e. The molecule has 0 radical (unpaired) electrons. The van der Waals surface area contributed by atoms with Crippen molar-refractivity contribution in [3.05, 3.63) is 89.2 Å². The van der Waals surface area contributed by atoms with Crippen molar-refractivity contribution in [3.8, 4) is 17.6 Å². The van der Waals surface area contributed by atoms with Gasteiger partial charge in [-0.3, -0.25) is 4.79 Å². The summed E-state index contributed by atoms with van der Waals surface area (Å²) in [7, 11) is 0. The predicted molar refractivity (Wildman–Crippen MR) is 96.8 cm³/mol. The first kappa shape index (κ1) is 17.2. The van der Waals surface area contributed by atoms with Crippen LogP contribution in [0.2, 0.25) is 0 Å². The molecule has 0 aliphatic rings. The van der Waals surface area contributed by atoms with Crippen LogP contribution in [-0.2, 0) is 0 Å². The molecule has 0 saturated carbocycles. The maximum atomic E-state index is 13.6. The molecule has 0 atom stereocenters. The lowest BCUT2D eigenvalue weighted by atomic mass is 10.1. The van der Waals surface area contributed by atoms with Gasteiger partial charge in [0.15, 0.2) is 0 Å². The van der Waals surface area contributed by atoms with Gasteiger partial charge >= 0.3 is 0 Å². The van der Waals surface area contributed by atoms with Crippen molar-refractivity contribution in [1.29, 1.82) is 5.26 Å². The van der Waals surface area contributed by atoms with Gasteiger partial charge < -0.3 is 10.1 Å². The predicted octanol–water partition coefficient (Wildman–Crippen LogP) is 5.05. The van der Waals surface area contributed by atoms with E-state index in [1.807, 2.05) is 19.1 Å². The van der Waals surface area contributed by atoms with Crippen LogP contribution in [0.1, 0.15) is 21.5 Å². The molecule has 1 N–H and O–H groups in total. The number of benzene rings is 3. The molecule has 128 valence electrons. The molecule has 4 nitrogen and oxygen atoms in total. The summed E-state index contributed by atoms with van der Waals surface area (Å²) in [4.78, 5) is 12.2. The molecule has 26 heavy (non-hydrogen) atoms. The highest BCUT2D eigenvalue weighted by molar-refractivity contribution is 6.04. The highest BCUT2D eigenvalue weighted by atomic mass is 19.1. The molecule has 0 saturated heterocycles. The standard InChI is InChI=1S/C21H15FN2O2/c1-14-4-2-5-15(12-14)21(25)24-16-8-10-17(11-9-16)26-20-7-3-6-19(22)18(20)13-23/h2-12H,1H3,(H,24,25). The van der Waals surface area contributed by atoms with Crippen molar-refractivity contribution in [2.45, 2.75) is 6.92 Å². The topological polar surface area (TPSA) is 62.1 Å². The van der Waals surface area contributed by atoms with Gasteiger partial charge in [-0.15, -0.1) is 0 Å². The van der Waals surface area contributed by atoms with Gasteiger partial charge in [0.2, 0.25) is 0 Å². The number of anilines is 1. The van der Waals surface area contributed by atoms with E-state index in [0.717, 1.165) is 5.56 Å². The summed E-state index contributed by atoms with van der Waals surface area (Å²) < 4.78 is 19.2. The molecule has 0 aliphatic carbocycles. The van der Waals surface area contributed by atoms with E-state index in [1.165, 1.54) is 18.2 Å². The van der Waals surface area contributed by atoms with Crippen LogP contribution in [0, 0.1) is 24.1 Å². The van der Waals surface area contributed by atoms with Crippen LogP contribution in [-0.4, -0.2) is 5.91 Å². The average Bonchev–Trinajstić information content (AvgIpc) is 2.63. The van der Waals surface area contributed by atoms with E-state index in [-0.39, 0.29) is 17.2 Å². The average molecular weight is 346 g/mol. The molecule has 1 amide bonds. The fourth-order valence-electron chi connectivity index (χ4n) is 2.42. The first-order valence-corrected chi connectivity index (χ1v) is 7.91. The number of nitrogens with one attached hydrogen (secondary N) is 1. The Balaban J connectivity index is 1.72. The highest BCUT2D eigenvalue weighted by Crippen LogP contribution is 2.27. The van der Waals surface area contributed by atoms with E-state index in [4.69, 9.17) is 10.00 Å². The van der Waals surface area contributed by atoms with E-state index < -0.39 is 5.82 Å². The van der Waals surface area contributed by atoms with Crippen molar-refractivity contribution in [1.82, 2.24) is 0 Å². The van der Waals surface area contributed by atoms with Gasteiger partial charge in [0.05, 0.1) is 0 Å². The number of hydrogen-bond donors (Lipinski definition) is 1. The maximum Gasteiger partial charge on any atom is 0.255 e. The minimum Gasteiger partial charge on any atom is -0.456 e. The number of carbonyl (C=O) groups is 1. The Kier molecular flexibility index (Phi) is 4.95. The summed E-state index contributed by atoms with van der Waals surface area (Å²) in [6.45, 7) is 1.92. The fourth-order valence-corrected chi connectivity index (χ4v) is 2.42. The second-order valence-electron chi connectivity index (χ2n) is 5.67. The second kappa shape index (κ2) is 7.49. The minimum atomic E-state index is -0.632. The van der Waals surface area contributed by atoms with E-state index in [0.29, 0.717) is 17.0 Å². The van der Waals surface area contributed by atoms with Gasteiger partial charge in [0, 0.05) is 11.3 Å². The van der Waals surface area contributed by atoms with Crippen LogP contribution < -0.4 is 10.1 Å². The van der Waals surface area contributed by atoms with Gasteiger partial charge in [0.25, 0.3) is 5.91 Å². The van der Waals surface area contributed by atoms with E-state index in [2.05, 4.69) is 5.32 Å². The third kappa shape index (κ3) is 3.87. The van der Waals surface area contributed by atoms with Crippen LogP contribution >= 0.6 is 0 Å². The number of aryl methyl sites for hydroxylation is 1. The number of nitriles is 1. The molecule has 0 spiro atoms. The zero-order valence-electron chi connectivity index (χ0n) is 14.0. The van der Waals surface area contributed by atoms with Crippen LogP contribution in [0.4, 0.5) is 10.1 Å². The van der Waals surface area contributed by atoms with Gasteiger partial charge in [-0.05, 0) is 55.5 Å². The van der Waals surface area contributed by atoms with Gasteiger partial charge in [-0.2, -0.15) is 5.26 Å². The van der Waals surface area contributed by atoms with E-state index in [9.17, 15) is 9.18 Å². The molecular weight excluding hydrogens is 331 g/mol. The highest BCUT2D eigenvalue weighted by Gasteiger charge is 2.10. The number of halogens is 1. The molecule has 0 heterocycles. The zero-order chi connectivity index (χ0) is 18.5. The normalized spacial score (nSPS) is 10.0. The van der Waals surface area contributed by atoms with Crippen LogP contribution in [0.3, 0.4) is 0 Å². The Bertz CT molecular complexity index is 992. The van der Waals surface area contributed by atoms with Gasteiger partial charge in [-0.1, -0.05) is 23.8 Å². The second-order valence-corrected chi connectivity index (χ2v) is 5.67. The van der Waals surface area contributed by atoms with Crippen molar-refractivity contribution in [3.63, 3.8) is 0 Å². The molecular formula is C21H15FN2O2. The summed E-state index contributed by atoms with van der Waals surface area (Å²) in [6, 6.07) is 19.9. The first-order chi connectivity index (χ1) is 12.6. The molecule has 0 unspecified atom stereocenters. The quantitative estimate of drug-likeness (QED) is 0.719. The maximum absolute atomic E-state index is 13.6. The van der Waals surface area contributed by atoms with Gasteiger partial charge in [0.1, 0.15) is 28.9 Å². The lowest BCUT2D eigenvalue weighted by Crippen LogP contribution is -2.11. The molecule has 0 aliphatic heterocycles. The number of hydrogen-bond acceptors (Lipinski definition) is 3. The van der Waals surface area contributed by atoms with Crippen molar-refractivity contribution in [2.24, 2.45) is 0 Å². The summed E-state index contributed by atoms with van der Waals surface area (Å²) >= 11 is 0. The molecule has 5 heteroatoms. The molecule has 3 aromatic carbocycles. The number of rotatable bonds is 4. The number of amides is 1. The summed E-state index contributed by atoms with van der Waals surface area (Å²) in [5.74, 6) is -0.268. The first-order valence-electron chi connectivity index (χ1n) is 7.91. The lowest BCUT2D eigenvalue weighted by molar-refractivity contribution is 0.102. The molecule has 0 bridgehead atoms. The van der Waals surface area contributed by atoms with Crippen LogP contribution in [0.25, 0.3) is 0 Å². The monoisotopic (exact) mass is 346 g/mol. The molecule has 0 fully saturated rings. The summed E-state index contributed by atoms with van der Waals surface area (Å²) in [6.07, 6.45) is 0. The van der Waals surface area contributed by atoms with Crippen LogP contribution in [0.15, 0.2) is 66.7 Å². The van der Waals surface area contributed by atoms with E-state index in [1.54, 1.807) is 42.5 Å². The number of nitrogens with zero attached hydrogens (tertiary/aromatic N) is 1. The Hall–Kier alpha value is -3.65. The number of carbonyl (C=O) groups excluding carboxylic acids is 1. The smallest absolute Gasteiger partial charge is 0.255 e. The molecule has 3 rings (SSSR count). The Labute approximate surface area is 150 Å². The molecule has 0 aromatic heterocycles. The van der Waals surface area contributed by atoms with Crippen LogP contribution in [0.5, 0.6) is 11.5 Å². The Morgan fingerprint density at radius 1 is 1.08 bits per heavy atom. The zero-order valence-corrected chi connectivity index (χ0v) is 14.0. The minimum absolute atomic E-state index is 0.143. The third-order valence-corrected chi connectivity index (χ3v) is 3.71. The summed E-state index contributed by atoms with van der Waals surface area (Å²) in [5.41, 5.74) is 2.03. The fraction of sp³-hybridized carbons (Fsp3) is 0.0476. The molecule has 3 aromatic rings. The van der Waals surface area contributed by atoms with Gasteiger partial charge in [-0.25, -0.2) is 4.39 Å². The third-order valence-electron chi connectivity index (χ3n) is 3.71. The van der Waals surface area contributed by atoms with Crippen molar-refractivity contribution >= 4 is 11.6 Å².